The average molecular weight is 563 g/mol. The molecule has 2 aliphatic rings. The van der Waals surface area contributed by atoms with Gasteiger partial charge >= 0.3 is 24.1 Å². The second-order valence-electron chi connectivity index (χ2n) is 9.47. The van der Waals surface area contributed by atoms with Gasteiger partial charge in [0, 0.05) is 5.56 Å². The van der Waals surface area contributed by atoms with Crippen LogP contribution in [0.5, 0.6) is 0 Å². The number of hydrogen-bond acceptors (Lipinski definition) is 6. The highest BCUT2D eigenvalue weighted by Gasteiger charge is 2.73. The molecule has 12 heteroatoms. The Morgan fingerprint density at radius 1 is 0.868 bits per heavy atom. The molecule has 198 valence electrons. The van der Waals surface area contributed by atoms with Crippen LogP contribution in [0.2, 0.25) is 0 Å². The van der Waals surface area contributed by atoms with Crippen LogP contribution in [0.15, 0.2) is 88.8 Å². The van der Waals surface area contributed by atoms with Gasteiger partial charge in [-0.3, -0.25) is 9.79 Å². The Kier molecular flexibility index (Phi) is 5.66. The van der Waals surface area contributed by atoms with Crippen LogP contribution in [0.4, 0.5) is 18.9 Å². The van der Waals surface area contributed by atoms with Crippen LogP contribution in [0.3, 0.4) is 0 Å². The van der Waals surface area contributed by atoms with E-state index in [1.807, 2.05) is 0 Å². The monoisotopic (exact) mass is 562 g/mol. The summed E-state index contributed by atoms with van der Waals surface area (Å²) in [5.74, 6) is -1.53. The number of para-hydroxylation sites is 1. The molecule has 5 rings (SSSR count). The number of halogens is 3. The molecule has 0 N–H and O–H groups in total. The van der Waals surface area contributed by atoms with E-state index in [9.17, 15) is 34.8 Å². The summed E-state index contributed by atoms with van der Waals surface area (Å²) in [7, 11) is -10.8. The number of fused-ring (bicyclic) bond motifs is 2. The molecule has 3 aromatic rings. The van der Waals surface area contributed by atoms with Crippen molar-refractivity contribution in [2.45, 2.75) is 36.9 Å². The molecule has 1 amide bonds. The highest BCUT2D eigenvalue weighted by Crippen LogP contribution is 2.64. The first-order valence-corrected chi connectivity index (χ1v) is 14.8. The molecule has 0 aliphatic carbocycles. The number of rotatable bonds is 5. The number of carbonyl (C=O) groups excluding carboxylic acids is 1. The molecule has 3 aromatic carbocycles. The van der Waals surface area contributed by atoms with Crippen molar-refractivity contribution in [2.75, 3.05) is 4.31 Å². The van der Waals surface area contributed by atoms with Gasteiger partial charge in [-0.2, -0.15) is 25.9 Å². The van der Waals surface area contributed by atoms with Crippen molar-refractivity contribution in [3.8, 4) is 0 Å². The highest BCUT2D eigenvalue weighted by molar-refractivity contribution is 8.67. The van der Waals surface area contributed by atoms with Crippen molar-refractivity contribution in [3.05, 3.63) is 95.6 Å². The van der Waals surface area contributed by atoms with Gasteiger partial charge in [0.1, 0.15) is 5.54 Å². The third-order valence-corrected chi connectivity index (χ3v) is 11.9. The quantitative estimate of drug-likeness (QED) is 0.419. The van der Waals surface area contributed by atoms with E-state index in [1.54, 1.807) is 37.3 Å². The van der Waals surface area contributed by atoms with Crippen LogP contribution in [0.25, 0.3) is 0 Å². The summed E-state index contributed by atoms with van der Waals surface area (Å²) < 4.78 is 96.1. The van der Waals surface area contributed by atoms with Crippen molar-refractivity contribution in [1.82, 2.24) is 0 Å². The van der Waals surface area contributed by atoms with Crippen LogP contribution < -0.4 is 4.31 Å². The Balaban J connectivity index is 1.76. The van der Waals surface area contributed by atoms with E-state index in [1.165, 1.54) is 36.4 Å². The first kappa shape index (κ1) is 26.1. The van der Waals surface area contributed by atoms with Gasteiger partial charge < -0.3 is 0 Å². The van der Waals surface area contributed by atoms with Crippen LogP contribution in [0.1, 0.15) is 30.0 Å². The fraction of sp³-hybridized carbons (Fsp3) is 0.231. The molecular formula is C26H21F3N2O5S2. The first-order chi connectivity index (χ1) is 17.7. The van der Waals surface area contributed by atoms with E-state index >= 15 is 0 Å². The molecule has 0 saturated heterocycles. The van der Waals surface area contributed by atoms with Gasteiger partial charge in [-0.05, 0) is 37.6 Å². The largest absolute Gasteiger partial charge is 0.390 e. The Labute approximate surface area is 217 Å². The number of alkyl halides is 3. The van der Waals surface area contributed by atoms with Crippen molar-refractivity contribution in [3.63, 3.8) is 0 Å². The van der Waals surface area contributed by atoms with Crippen molar-refractivity contribution in [2.24, 2.45) is 10.4 Å². The van der Waals surface area contributed by atoms with Gasteiger partial charge in [0.15, 0.2) is 0 Å². The third kappa shape index (κ3) is 3.61. The van der Waals surface area contributed by atoms with Gasteiger partial charge in [0.05, 0.1) is 28.1 Å². The zero-order valence-corrected chi connectivity index (χ0v) is 21.7. The number of benzene rings is 3. The second-order valence-corrected chi connectivity index (χ2v) is 14.7. The van der Waals surface area contributed by atoms with Gasteiger partial charge in [0.25, 0.3) is 5.91 Å². The van der Waals surface area contributed by atoms with Crippen LogP contribution in [-0.4, -0.2) is 34.6 Å². The summed E-state index contributed by atoms with van der Waals surface area (Å²) in [6.45, 7) is 2.65. The normalized spacial score (nSPS) is 23.2. The molecule has 1 spiro atoms. The molecule has 7 nitrogen and oxygen atoms in total. The summed E-state index contributed by atoms with van der Waals surface area (Å²) in [5.41, 5.74) is -3.40. The van der Waals surface area contributed by atoms with Crippen LogP contribution in [0, 0.1) is 12.3 Å². The van der Waals surface area contributed by atoms with Gasteiger partial charge in [-0.1, -0.05) is 66.2 Å². The van der Waals surface area contributed by atoms with Crippen molar-refractivity contribution >= 4 is 35.2 Å². The maximum Gasteiger partial charge on any atom is 0.390 e. The number of hydrogen-bond donors (Lipinski definition) is 0. The van der Waals surface area contributed by atoms with Gasteiger partial charge in [-0.25, -0.2) is 8.42 Å². The molecule has 0 bridgehead atoms. The summed E-state index contributed by atoms with van der Waals surface area (Å²) in [4.78, 5) is 17.8. The lowest BCUT2D eigenvalue weighted by atomic mass is 9.63. The number of aliphatic imine (C=N–C) groups is 1. The maximum absolute atomic E-state index is 14.0. The van der Waals surface area contributed by atoms with E-state index in [-0.39, 0.29) is 21.3 Å². The van der Waals surface area contributed by atoms with Crippen LogP contribution >= 0.6 is 0 Å². The molecular weight excluding hydrogens is 541 g/mol. The van der Waals surface area contributed by atoms with Gasteiger partial charge in [-0.15, -0.1) is 0 Å². The summed E-state index contributed by atoms with van der Waals surface area (Å²) >= 11 is 0. The standard InChI is InChI=1S/C26H21F3N2O5S2/c1-17-12-14-19(15-13-17)37(33,34)38(35,36)31-21-11-7-6-10-20(21)26(22(30-26)18-8-4-3-5-9-18)24(2,23(31)32)16-25(27,28)29/h3-15H,16H2,1-2H3/t24-,26+/m1/s1. The fourth-order valence-corrected chi connectivity index (χ4v) is 8.88. The van der Waals surface area contributed by atoms with E-state index in [2.05, 4.69) is 4.99 Å². The molecule has 0 unspecified atom stereocenters. The Hall–Kier alpha value is -3.51. The Morgan fingerprint density at radius 3 is 2.05 bits per heavy atom. The Morgan fingerprint density at radius 2 is 1.45 bits per heavy atom. The predicted molar refractivity (Wildman–Crippen MR) is 135 cm³/mol. The smallest absolute Gasteiger partial charge is 0.273 e. The minimum atomic E-state index is -5.58. The molecule has 0 fully saturated rings. The highest BCUT2D eigenvalue weighted by atomic mass is 33.2. The summed E-state index contributed by atoms with van der Waals surface area (Å²) in [6, 6.07) is 18.6. The summed E-state index contributed by atoms with van der Waals surface area (Å²) in [6.07, 6.45) is -6.64. The van der Waals surface area contributed by atoms with E-state index in [0.29, 0.717) is 11.1 Å². The van der Waals surface area contributed by atoms with E-state index in [4.69, 9.17) is 0 Å². The number of anilines is 1. The number of aryl methyl sites for hydroxylation is 1. The average Bonchev–Trinajstić information content (AvgIpc) is 3.60. The van der Waals surface area contributed by atoms with E-state index in [0.717, 1.165) is 19.1 Å². The maximum atomic E-state index is 14.0. The fourth-order valence-electron chi connectivity index (χ4n) is 5.07. The van der Waals surface area contributed by atoms with Crippen molar-refractivity contribution in [1.29, 1.82) is 0 Å². The van der Waals surface area contributed by atoms with Crippen molar-refractivity contribution < 1.29 is 34.8 Å². The Bertz CT molecular complexity index is 1700. The second kappa shape index (κ2) is 8.24. The van der Waals surface area contributed by atoms with Gasteiger partial charge in [0.2, 0.25) is 0 Å². The molecule has 2 aliphatic heterocycles. The molecule has 2 atom stereocenters. The minimum absolute atomic E-state index is 0.00493. The first-order valence-electron chi connectivity index (χ1n) is 11.4. The van der Waals surface area contributed by atoms with E-state index < -0.39 is 52.3 Å². The molecule has 0 saturated carbocycles. The zero-order valence-electron chi connectivity index (χ0n) is 20.1. The number of amides is 1. The molecule has 0 aromatic heterocycles. The minimum Gasteiger partial charge on any atom is -0.273 e. The predicted octanol–water partition coefficient (Wildman–Crippen LogP) is 4.72. The molecule has 2 heterocycles. The number of nitrogens with zero attached hydrogens (tertiary/aromatic N) is 2. The van der Waals surface area contributed by atoms with Crippen LogP contribution in [-0.2, 0) is 28.3 Å². The third-order valence-electron chi connectivity index (χ3n) is 6.95. The topological polar surface area (TPSA) is 101 Å². The summed E-state index contributed by atoms with van der Waals surface area (Å²) in [5, 5.41) is 0. The molecule has 38 heavy (non-hydrogen) atoms. The zero-order chi connectivity index (χ0) is 27.7. The lowest BCUT2D eigenvalue weighted by molar-refractivity contribution is -0.169. The molecule has 0 radical (unpaired) electrons. The SMILES string of the molecule is Cc1ccc(S(=O)(=O)S(=O)(=O)N2C(=O)[C@@](C)(CC(F)(F)F)[C@]3(N=C3c3ccccc3)c3ccccc32)cc1. The lowest BCUT2D eigenvalue weighted by Crippen LogP contribution is -2.59. The lowest BCUT2D eigenvalue weighted by Gasteiger charge is -2.45. The number of carbonyl (C=O) groups is 1.